The lowest BCUT2D eigenvalue weighted by Gasteiger charge is -2.17. The highest BCUT2D eigenvalue weighted by Gasteiger charge is 2.15. The fourth-order valence-corrected chi connectivity index (χ4v) is 1.50. The van der Waals surface area contributed by atoms with Crippen molar-refractivity contribution in [2.75, 3.05) is 13.7 Å². The fraction of sp³-hybridized carbons (Fsp3) is 0.700. The highest BCUT2D eigenvalue weighted by Crippen LogP contribution is 2.06. The molecule has 0 bridgehead atoms. The van der Waals surface area contributed by atoms with Crippen LogP contribution in [0.25, 0.3) is 0 Å². The molecular formula is C10H19N5O2. The zero-order chi connectivity index (χ0) is 12.8. The average molecular weight is 241 g/mol. The summed E-state index contributed by atoms with van der Waals surface area (Å²) in [6.45, 7) is 4.20. The Hall–Kier alpha value is -1.63. The van der Waals surface area contributed by atoms with Crippen LogP contribution in [0, 0.1) is 0 Å². The molecule has 1 aromatic rings. The third-order valence-corrected chi connectivity index (χ3v) is 2.28. The number of nitrogens with zero attached hydrogens (tertiary/aromatic N) is 3. The first-order chi connectivity index (χ1) is 8.04. The zero-order valence-electron chi connectivity index (χ0n) is 10.6. The number of carbonyl (C=O) groups excluding carboxylic acids is 1. The minimum Gasteiger partial charge on any atom is -0.383 e. The number of carbonyl (C=O) groups is 1. The van der Waals surface area contributed by atoms with Crippen LogP contribution in [0.4, 0.5) is 4.79 Å². The van der Waals surface area contributed by atoms with Crippen molar-refractivity contribution in [1.82, 2.24) is 25.4 Å². The first-order valence-corrected chi connectivity index (χ1v) is 5.44. The van der Waals surface area contributed by atoms with E-state index in [-0.39, 0.29) is 18.1 Å². The van der Waals surface area contributed by atoms with E-state index >= 15 is 0 Å². The molecule has 7 nitrogen and oxygen atoms in total. The molecule has 0 saturated heterocycles. The van der Waals surface area contributed by atoms with E-state index in [4.69, 9.17) is 4.74 Å². The molecule has 1 rings (SSSR count). The van der Waals surface area contributed by atoms with Crippen molar-refractivity contribution in [2.45, 2.75) is 25.9 Å². The molecule has 0 spiro atoms. The standard InChI is InChI=1S/C10H19N5O2/c1-7(5-17-4)12-10(16)13-8(2)9-14-11-6-15(9)3/h6-8H,5H2,1-4H3,(H2,12,13,16)/t7-,8+/m1/s1. The van der Waals surface area contributed by atoms with E-state index in [1.54, 1.807) is 18.0 Å². The number of ether oxygens (including phenoxy) is 1. The van der Waals surface area contributed by atoms with Gasteiger partial charge in [-0.15, -0.1) is 10.2 Å². The topological polar surface area (TPSA) is 81.1 Å². The predicted molar refractivity (Wildman–Crippen MR) is 62.4 cm³/mol. The Labute approximate surface area is 101 Å². The van der Waals surface area contributed by atoms with Gasteiger partial charge in [0.15, 0.2) is 5.82 Å². The highest BCUT2D eigenvalue weighted by atomic mass is 16.5. The number of amides is 2. The zero-order valence-corrected chi connectivity index (χ0v) is 10.6. The van der Waals surface area contributed by atoms with E-state index in [0.717, 1.165) is 0 Å². The number of aryl methyl sites for hydroxylation is 1. The third kappa shape index (κ3) is 4.03. The molecule has 1 aromatic heterocycles. The number of aromatic nitrogens is 3. The quantitative estimate of drug-likeness (QED) is 0.772. The van der Waals surface area contributed by atoms with Crippen molar-refractivity contribution >= 4 is 6.03 Å². The molecule has 17 heavy (non-hydrogen) atoms. The van der Waals surface area contributed by atoms with Crippen LogP contribution in [0.3, 0.4) is 0 Å². The molecule has 0 saturated carbocycles. The van der Waals surface area contributed by atoms with Crippen molar-refractivity contribution in [2.24, 2.45) is 7.05 Å². The van der Waals surface area contributed by atoms with Gasteiger partial charge >= 0.3 is 6.03 Å². The van der Waals surface area contributed by atoms with Gasteiger partial charge in [0.25, 0.3) is 0 Å². The van der Waals surface area contributed by atoms with Crippen LogP contribution in [0.15, 0.2) is 6.33 Å². The molecule has 2 N–H and O–H groups in total. The molecule has 0 aromatic carbocycles. The van der Waals surface area contributed by atoms with Gasteiger partial charge in [0.1, 0.15) is 6.33 Å². The number of hydrogen-bond donors (Lipinski definition) is 2. The number of rotatable bonds is 5. The summed E-state index contributed by atoms with van der Waals surface area (Å²) in [5.41, 5.74) is 0. The van der Waals surface area contributed by atoms with Crippen LogP contribution in [0.5, 0.6) is 0 Å². The second kappa shape index (κ2) is 6.19. The van der Waals surface area contributed by atoms with Crippen molar-refractivity contribution < 1.29 is 9.53 Å². The summed E-state index contributed by atoms with van der Waals surface area (Å²) in [4.78, 5) is 11.6. The summed E-state index contributed by atoms with van der Waals surface area (Å²) in [5.74, 6) is 0.708. The van der Waals surface area contributed by atoms with Gasteiger partial charge in [-0.2, -0.15) is 0 Å². The summed E-state index contributed by atoms with van der Waals surface area (Å²) in [7, 11) is 3.43. The highest BCUT2D eigenvalue weighted by molar-refractivity contribution is 5.74. The Morgan fingerprint density at radius 1 is 1.53 bits per heavy atom. The van der Waals surface area contributed by atoms with E-state index in [2.05, 4.69) is 20.8 Å². The molecule has 0 fully saturated rings. The van der Waals surface area contributed by atoms with Crippen molar-refractivity contribution in [3.8, 4) is 0 Å². The van der Waals surface area contributed by atoms with Gasteiger partial charge in [0.05, 0.1) is 18.7 Å². The smallest absolute Gasteiger partial charge is 0.315 e. The Morgan fingerprint density at radius 3 is 2.76 bits per heavy atom. The maximum absolute atomic E-state index is 11.6. The minimum atomic E-state index is -0.245. The normalized spacial score (nSPS) is 14.1. The number of hydrogen-bond acceptors (Lipinski definition) is 4. The summed E-state index contributed by atoms with van der Waals surface area (Å²) < 4.78 is 6.70. The molecule has 0 aliphatic carbocycles. The maximum Gasteiger partial charge on any atom is 0.315 e. The molecule has 0 aliphatic rings. The Kier molecular flexibility index (Phi) is 4.89. The van der Waals surface area contributed by atoms with Crippen LogP contribution in [0.1, 0.15) is 25.7 Å². The SMILES string of the molecule is COC[C@@H](C)NC(=O)N[C@@H](C)c1nncn1C. The third-order valence-electron chi connectivity index (χ3n) is 2.28. The first kappa shape index (κ1) is 13.4. The Balaban J connectivity index is 2.44. The van der Waals surface area contributed by atoms with Gasteiger partial charge in [-0.05, 0) is 13.8 Å². The van der Waals surface area contributed by atoms with Crippen LogP contribution in [-0.4, -0.2) is 40.6 Å². The van der Waals surface area contributed by atoms with Crippen LogP contribution >= 0.6 is 0 Å². The fourth-order valence-electron chi connectivity index (χ4n) is 1.50. The first-order valence-electron chi connectivity index (χ1n) is 5.44. The van der Waals surface area contributed by atoms with Gasteiger partial charge in [-0.1, -0.05) is 0 Å². The minimum absolute atomic E-state index is 0.0355. The molecule has 1 heterocycles. The van der Waals surface area contributed by atoms with Gasteiger partial charge in [-0.25, -0.2) is 4.79 Å². The van der Waals surface area contributed by atoms with E-state index in [1.807, 2.05) is 20.9 Å². The van der Waals surface area contributed by atoms with Crippen molar-refractivity contribution in [3.05, 3.63) is 12.2 Å². The second-order valence-corrected chi connectivity index (χ2v) is 4.00. The van der Waals surface area contributed by atoms with Crippen LogP contribution in [-0.2, 0) is 11.8 Å². The van der Waals surface area contributed by atoms with Crippen LogP contribution in [0.2, 0.25) is 0 Å². The van der Waals surface area contributed by atoms with E-state index in [1.165, 1.54) is 0 Å². The molecule has 96 valence electrons. The van der Waals surface area contributed by atoms with E-state index in [0.29, 0.717) is 12.4 Å². The van der Waals surface area contributed by atoms with E-state index < -0.39 is 0 Å². The molecular weight excluding hydrogens is 222 g/mol. The molecule has 7 heteroatoms. The summed E-state index contributed by atoms with van der Waals surface area (Å²) in [6, 6.07) is -0.478. The molecule has 2 atom stereocenters. The Bertz CT molecular complexity index is 365. The predicted octanol–water partition coefficient (Wildman–Crippen LogP) is 0.210. The molecule has 0 aliphatic heterocycles. The summed E-state index contributed by atoms with van der Waals surface area (Å²) >= 11 is 0. The number of methoxy groups -OCH3 is 1. The average Bonchev–Trinajstić information content (AvgIpc) is 2.64. The maximum atomic E-state index is 11.6. The molecule has 0 radical (unpaired) electrons. The van der Waals surface area contributed by atoms with E-state index in [9.17, 15) is 4.79 Å². The second-order valence-electron chi connectivity index (χ2n) is 4.00. The largest absolute Gasteiger partial charge is 0.383 e. The Morgan fingerprint density at radius 2 is 2.24 bits per heavy atom. The van der Waals surface area contributed by atoms with Gasteiger partial charge in [0.2, 0.25) is 0 Å². The molecule has 2 amide bonds. The van der Waals surface area contributed by atoms with Crippen LogP contribution < -0.4 is 10.6 Å². The lowest BCUT2D eigenvalue weighted by Crippen LogP contribution is -2.43. The summed E-state index contributed by atoms with van der Waals surface area (Å²) in [5, 5.41) is 13.2. The number of nitrogens with one attached hydrogen (secondary N) is 2. The summed E-state index contributed by atoms with van der Waals surface area (Å²) in [6.07, 6.45) is 1.60. The molecule has 0 unspecified atom stereocenters. The van der Waals surface area contributed by atoms with Crippen molar-refractivity contribution in [3.63, 3.8) is 0 Å². The monoisotopic (exact) mass is 241 g/mol. The van der Waals surface area contributed by atoms with Crippen molar-refractivity contribution in [1.29, 1.82) is 0 Å². The van der Waals surface area contributed by atoms with Gasteiger partial charge < -0.3 is 19.9 Å². The number of urea groups is 1. The van der Waals surface area contributed by atoms with Gasteiger partial charge in [0, 0.05) is 14.2 Å². The van der Waals surface area contributed by atoms with Gasteiger partial charge in [-0.3, -0.25) is 0 Å². The lowest BCUT2D eigenvalue weighted by molar-refractivity contribution is 0.170. The lowest BCUT2D eigenvalue weighted by atomic mass is 10.3.